The molecule has 0 spiro atoms. The van der Waals surface area contributed by atoms with Crippen molar-refractivity contribution in [2.75, 3.05) is 26.3 Å². The van der Waals surface area contributed by atoms with Gasteiger partial charge in [-0.1, -0.05) is 35.5 Å². The van der Waals surface area contributed by atoms with Crippen molar-refractivity contribution in [1.29, 1.82) is 0 Å². The Bertz CT molecular complexity index is 521. The molecular weight excluding hydrogens is 254 g/mol. The molecule has 0 saturated carbocycles. The van der Waals surface area contributed by atoms with Crippen LogP contribution in [0.15, 0.2) is 34.9 Å². The normalized spacial score (nSPS) is 16.4. The van der Waals surface area contributed by atoms with Gasteiger partial charge in [0.25, 0.3) is 0 Å². The lowest BCUT2D eigenvalue weighted by Gasteiger charge is -2.24. The summed E-state index contributed by atoms with van der Waals surface area (Å²) >= 11 is 0. The lowest BCUT2D eigenvalue weighted by atomic mass is 10.1. The monoisotopic (exact) mass is 273 g/mol. The molecule has 0 N–H and O–H groups in total. The summed E-state index contributed by atoms with van der Waals surface area (Å²) in [6.07, 6.45) is 1.76. The molecule has 1 saturated heterocycles. The summed E-state index contributed by atoms with van der Waals surface area (Å²) in [5.74, 6) is 1.49. The molecule has 0 amide bonds. The van der Waals surface area contributed by atoms with E-state index < -0.39 is 0 Å². The minimum Gasteiger partial charge on any atom is -0.379 e. The van der Waals surface area contributed by atoms with Gasteiger partial charge in [-0.05, 0) is 12.0 Å². The third-order valence-electron chi connectivity index (χ3n) is 3.45. The highest BCUT2D eigenvalue weighted by atomic mass is 16.5. The predicted octanol–water partition coefficient (Wildman–Crippen LogP) is 1.69. The van der Waals surface area contributed by atoms with Crippen molar-refractivity contribution in [2.45, 2.75) is 19.4 Å². The molecule has 1 aromatic heterocycles. The molecule has 1 aliphatic heterocycles. The highest BCUT2D eigenvalue weighted by molar-refractivity contribution is 5.15. The second-order valence-electron chi connectivity index (χ2n) is 4.98. The first kappa shape index (κ1) is 13.3. The molecule has 0 bridgehead atoms. The van der Waals surface area contributed by atoms with Crippen LogP contribution in [-0.4, -0.2) is 41.3 Å². The van der Waals surface area contributed by atoms with Gasteiger partial charge < -0.3 is 9.26 Å². The van der Waals surface area contributed by atoms with Crippen molar-refractivity contribution >= 4 is 0 Å². The first-order valence-corrected chi connectivity index (χ1v) is 7.05. The molecule has 1 fully saturated rings. The van der Waals surface area contributed by atoms with Crippen LogP contribution in [0.2, 0.25) is 0 Å². The van der Waals surface area contributed by atoms with Gasteiger partial charge in [0.2, 0.25) is 5.89 Å². The highest BCUT2D eigenvalue weighted by Crippen LogP contribution is 2.08. The molecule has 106 valence electrons. The number of hydrogen-bond donors (Lipinski definition) is 0. The van der Waals surface area contributed by atoms with Crippen molar-refractivity contribution in [3.05, 3.63) is 47.6 Å². The fourth-order valence-electron chi connectivity index (χ4n) is 2.31. The maximum atomic E-state index is 5.32. The number of hydrogen-bond acceptors (Lipinski definition) is 5. The lowest BCUT2D eigenvalue weighted by molar-refractivity contribution is 0.0297. The van der Waals surface area contributed by atoms with Crippen LogP contribution in [0.4, 0.5) is 0 Å². The zero-order valence-corrected chi connectivity index (χ0v) is 11.5. The number of aryl methyl sites for hydroxylation is 2. The Balaban J connectivity index is 1.51. The first-order chi connectivity index (χ1) is 9.90. The lowest BCUT2D eigenvalue weighted by Crippen LogP contribution is -2.35. The van der Waals surface area contributed by atoms with E-state index in [0.717, 1.165) is 51.5 Å². The van der Waals surface area contributed by atoms with Crippen molar-refractivity contribution in [3.8, 4) is 0 Å². The topological polar surface area (TPSA) is 51.4 Å². The van der Waals surface area contributed by atoms with Crippen molar-refractivity contribution in [2.24, 2.45) is 0 Å². The molecule has 2 aromatic rings. The number of rotatable bonds is 5. The number of ether oxygens (including phenoxy) is 1. The summed E-state index contributed by atoms with van der Waals surface area (Å²) in [7, 11) is 0. The van der Waals surface area contributed by atoms with Crippen molar-refractivity contribution < 1.29 is 9.26 Å². The van der Waals surface area contributed by atoms with Crippen LogP contribution in [0.1, 0.15) is 17.3 Å². The molecule has 0 aliphatic carbocycles. The van der Waals surface area contributed by atoms with Crippen LogP contribution in [-0.2, 0) is 24.1 Å². The summed E-state index contributed by atoms with van der Waals surface area (Å²) in [6.45, 7) is 4.16. The van der Waals surface area contributed by atoms with E-state index in [1.165, 1.54) is 5.56 Å². The van der Waals surface area contributed by atoms with Crippen LogP contribution in [0.5, 0.6) is 0 Å². The molecule has 0 unspecified atom stereocenters. The van der Waals surface area contributed by atoms with E-state index in [-0.39, 0.29) is 0 Å². The average molecular weight is 273 g/mol. The quantitative estimate of drug-likeness (QED) is 0.829. The van der Waals surface area contributed by atoms with E-state index in [4.69, 9.17) is 9.26 Å². The van der Waals surface area contributed by atoms with Crippen LogP contribution < -0.4 is 0 Å². The van der Waals surface area contributed by atoms with Crippen LogP contribution in [0.25, 0.3) is 0 Å². The van der Waals surface area contributed by atoms with Gasteiger partial charge in [-0.2, -0.15) is 4.98 Å². The Labute approximate surface area is 118 Å². The van der Waals surface area contributed by atoms with E-state index in [2.05, 4.69) is 39.3 Å². The molecule has 5 nitrogen and oxygen atoms in total. The maximum Gasteiger partial charge on any atom is 0.240 e. The summed E-state index contributed by atoms with van der Waals surface area (Å²) in [5, 5.41) is 4.05. The van der Waals surface area contributed by atoms with Gasteiger partial charge in [-0.3, -0.25) is 4.90 Å². The molecule has 2 heterocycles. The second-order valence-corrected chi connectivity index (χ2v) is 4.98. The SMILES string of the molecule is c1ccc(CCc2noc(CN3CCOCC3)n2)cc1. The van der Waals surface area contributed by atoms with Gasteiger partial charge in [-0.15, -0.1) is 0 Å². The minimum atomic E-state index is 0.704. The molecular formula is C15H19N3O2. The van der Waals surface area contributed by atoms with Gasteiger partial charge in [0.1, 0.15) is 0 Å². The summed E-state index contributed by atoms with van der Waals surface area (Å²) in [6, 6.07) is 10.4. The van der Waals surface area contributed by atoms with Gasteiger partial charge in [0.15, 0.2) is 5.82 Å². The standard InChI is InChI=1S/C15H19N3O2/c1-2-4-13(5-3-1)6-7-14-16-15(20-17-14)12-18-8-10-19-11-9-18/h1-5H,6-12H2. The highest BCUT2D eigenvalue weighted by Gasteiger charge is 2.14. The van der Waals surface area contributed by atoms with E-state index in [1.54, 1.807) is 0 Å². The minimum absolute atomic E-state index is 0.704. The molecule has 0 radical (unpaired) electrons. The fraction of sp³-hybridized carbons (Fsp3) is 0.467. The molecule has 20 heavy (non-hydrogen) atoms. The Hall–Kier alpha value is -1.72. The Morgan fingerprint density at radius 1 is 1.05 bits per heavy atom. The number of aromatic nitrogens is 2. The number of benzene rings is 1. The van der Waals surface area contributed by atoms with Crippen LogP contribution in [0.3, 0.4) is 0 Å². The smallest absolute Gasteiger partial charge is 0.240 e. The fourth-order valence-corrected chi connectivity index (χ4v) is 2.31. The second kappa shape index (κ2) is 6.63. The van der Waals surface area contributed by atoms with E-state index in [0.29, 0.717) is 5.89 Å². The van der Waals surface area contributed by atoms with Gasteiger partial charge in [0, 0.05) is 19.5 Å². The van der Waals surface area contributed by atoms with Gasteiger partial charge in [-0.25, -0.2) is 0 Å². The predicted molar refractivity (Wildman–Crippen MR) is 74.2 cm³/mol. The Morgan fingerprint density at radius 3 is 2.65 bits per heavy atom. The number of nitrogens with zero attached hydrogens (tertiary/aromatic N) is 3. The van der Waals surface area contributed by atoms with Crippen LogP contribution >= 0.6 is 0 Å². The summed E-state index contributed by atoms with van der Waals surface area (Å²) in [4.78, 5) is 6.73. The molecule has 0 atom stereocenters. The zero-order chi connectivity index (χ0) is 13.6. The average Bonchev–Trinajstić information content (AvgIpc) is 2.95. The van der Waals surface area contributed by atoms with Crippen LogP contribution in [0, 0.1) is 0 Å². The Morgan fingerprint density at radius 2 is 1.85 bits per heavy atom. The molecule has 1 aromatic carbocycles. The maximum absolute atomic E-state index is 5.32. The Kier molecular flexibility index (Phi) is 4.40. The van der Waals surface area contributed by atoms with E-state index in [1.807, 2.05) is 6.07 Å². The zero-order valence-electron chi connectivity index (χ0n) is 11.5. The summed E-state index contributed by atoms with van der Waals surface area (Å²) < 4.78 is 10.6. The number of morpholine rings is 1. The summed E-state index contributed by atoms with van der Waals surface area (Å²) in [5.41, 5.74) is 1.30. The van der Waals surface area contributed by atoms with Crippen molar-refractivity contribution in [3.63, 3.8) is 0 Å². The van der Waals surface area contributed by atoms with Crippen molar-refractivity contribution in [1.82, 2.24) is 15.0 Å². The van der Waals surface area contributed by atoms with E-state index in [9.17, 15) is 0 Å². The third kappa shape index (κ3) is 3.65. The van der Waals surface area contributed by atoms with Gasteiger partial charge >= 0.3 is 0 Å². The first-order valence-electron chi connectivity index (χ1n) is 7.05. The third-order valence-corrected chi connectivity index (χ3v) is 3.45. The van der Waals surface area contributed by atoms with E-state index >= 15 is 0 Å². The largest absolute Gasteiger partial charge is 0.379 e. The molecule has 1 aliphatic rings. The molecule has 3 rings (SSSR count). The molecule has 5 heteroatoms. The van der Waals surface area contributed by atoms with Gasteiger partial charge in [0.05, 0.1) is 19.8 Å².